The Morgan fingerprint density at radius 2 is 1.83 bits per heavy atom. The summed E-state index contributed by atoms with van der Waals surface area (Å²) in [6.07, 6.45) is 0.428. The fourth-order valence-corrected chi connectivity index (χ4v) is 2.63. The van der Waals surface area contributed by atoms with Crippen LogP contribution in [-0.2, 0) is 17.8 Å². The van der Waals surface area contributed by atoms with Crippen molar-refractivity contribution < 1.29 is 9.90 Å². The monoisotopic (exact) mass is 309 g/mol. The lowest BCUT2D eigenvalue weighted by atomic mass is 10.3. The van der Waals surface area contributed by atoms with Crippen molar-refractivity contribution >= 4 is 22.6 Å². The first-order valence-electron chi connectivity index (χ1n) is 7.57. The number of aliphatic hydroxyl groups is 1. The Balaban J connectivity index is 1.91. The van der Waals surface area contributed by atoms with Crippen LogP contribution in [-0.4, -0.2) is 34.2 Å². The highest BCUT2D eigenvalue weighted by Crippen LogP contribution is 2.18. The molecule has 1 N–H and O–H groups in total. The van der Waals surface area contributed by atoms with E-state index in [1.165, 1.54) is 0 Å². The minimum Gasteiger partial charge on any atom is -0.396 e. The van der Waals surface area contributed by atoms with Gasteiger partial charge in [-0.15, -0.1) is 0 Å². The molecule has 0 saturated heterocycles. The van der Waals surface area contributed by atoms with Gasteiger partial charge in [-0.25, -0.2) is 4.98 Å². The standard InChI is InChI=1S/C18H19N3O2/c1-20(14-7-3-2-4-8-14)18(23)13-21-16-10-6-5-9-15(16)19-17(21)11-12-22/h2-10,22H,11-13H2,1H3. The van der Waals surface area contributed by atoms with Crippen molar-refractivity contribution in [3.8, 4) is 0 Å². The summed E-state index contributed by atoms with van der Waals surface area (Å²) >= 11 is 0. The molecular formula is C18H19N3O2. The highest BCUT2D eigenvalue weighted by Gasteiger charge is 2.16. The first kappa shape index (κ1) is 15.2. The average molecular weight is 309 g/mol. The molecule has 1 aromatic heterocycles. The quantitative estimate of drug-likeness (QED) is 0.786. The molecule has 5 heteroatoms. The number of nitrogens with zero attached hydrogens (tertiary/aromatic N) is 3. The van der Waals surface area contributed by atoms with Gasteiger partial charge in [0.25, 0.3) is 0 Å². The van der Waals surface area contributed by atoms with Crippen molar-refractivity contribution in [3.63, 3.8) is 0 Å². The number of anilines is 1. The van der Waals surface area contributed by atoms with Crippen LogP contribution in [0, 0.1) is 0 Å². The van der Waals surface area contributed by atoms with Crippen molar-refractivity contribution in [2.45, 2.75) is 13.0 Å². The number of hydrogen-bond acceptors (Lipinski definition) is 3. The topological polar surface area (TPSA) is 58.4 Å². The summed E-state index contributed by atoms with van der Waals surface area (Å²) in [7, 11) is 1.77. The Labute approximate surface area is 134 Å². The molecule has 0 fully saturated rings. The Kier molecular flexibility index (Phi) is 4.39. The van der Waals surface area contributed by atoms with Crippen LogP contribution in [0.4, 0.5) is 5.69 Å². The van der Waals surface area contributed by atoms with E-state index < -0.39 is 0 Å². The van der Waals surface area contributed by atoms with Crippen molar-refractivity contribution in [1.29, 1.82) is 0 Å². The first-order chi connectivity index (χ1) is 11.2. The third-order valence-corrected chi connectivity index (χ3v) is 3.88. The summed E-state index contributed by atoms with van der Waals surface area (Å²) in [6.45, 7) is 0.202. The highest BCUT2D eigenvalue weighted by molar-refractivity contribution is 5.93. The van der Waals surface area contributed by atoms with E-state index in [0.29, 0.717) is 6.42 Å². The van der Waals surface area contributed by atoms with Crippen LogP contribution in [0.3, 0.4) is 0 Å². The van der Waals surface area contributed by atoms with Gasteiger partial charge in [-0.1, -0.05) is 30.3 Å². The maximum atomic E-state index is 12.6. The van der Waals surface area contributed by atoms with Gasteiger partial charge in [-0.05, 0) is 24.3 Å². The Bertz CT molecular complexity index is 812. The minimum atomic E-state index is -0.0291. The lowest BCUT2D eigenvalue weighted by molar-refractivity contribution is -0.118. The zero-order chi connectivity index (χ0) is 16.2. The SMILES string of the molecule is CN(C(=O)Cn1c(CCO)nc2ccccc21)c1ccccc1. The molecule has 0 aliphatic rings. The van der Waals surface area contributed by atoms with E-state index >= 15 is 0 Å². The van der Waals surface area contributed by atoms with Crippen LogP contribution >= 0.6 is 0 Å². The molecule has 5 nitrogen and oxygen atoms in total. The van der Waals surface area contributed by atoms with E-state index in [2.05, 4.69) is 4.98 Å². The molecule has 0 radical (unpaired) electrons. The molecule has 0 aliphatic heterocycles. The van der Waals surface area contributed by atoms with E-state index in [9.17, 15) is 9.90 Å². The maximum Gasteiger partial charge on any atom is 0.246 e. The van der Waals surface area contributed by atoms with Crippen LogP contribution in [0.2, 0.25) is 0 Å². The summed E-state index contributed by atoms with van der Waals surface area (Å²) in [4.78, 5) is 18.8. The molecule has 0 bridgehead atoms. The number of benzene rings is 2. The molecule has 23 heavy (non-hydrogen) atoms. The molecule has 1 heterocycles. The number of carbonyl (C=O) groups excluding carboxylic acids is 1. The number of imidazole rings is 1. The van der Waals surface area contributed by atoms with E-state index in [1.54, 1.807) is 11.9 Å². The number of fused-ring (bicyclic) bond motifs is 1. The van der Waals surface area contributed by atoms with Gasteiger partial charge in [-0.3, -0.25) is 4.79 Å². The number of rotatable bonds is 5. The molecule has 0 spiro atoms. The predicted octanol–water partition coefficient (Wildman–Crippen LogP) is 2.23. The van der Waals surface area contributed by atoms with Gasteiger partial charge in [0.15, 0.2) is 0 Å². The third kappa shape index (κ3) is 3.10. The number of carbonyl (C=O) groups is 1. The largest absolute Gasteiger partial charge is 0.396 e. The van der Waals surface area contributed by atoms with Crippen LogP contribution < -0.4 is 4.90 Å². The van der Waals surface area contributed by atoms with E-state index in [1.807, 2.05) is 59.2 Å². The molecular weight excluding hydrogens is 290 g/mol. The highest BCUT2D eigenvalue weighted by atomic mass is 16.3. The summed E-state index contributed by atoms with van der Waals surface area (Å²) in [5.74, 6) is 0.696. The normalized spacial score (nSPS) is 10.9. The van der Waals surface area contributed by atoms with Gasteiger partial charge < -0.3 is 14.6 Å². The van der Waals surface area contributed by atoms with Gasteiger partial charge in [-0.2, -0.15) is 0 Å². The summed E-state index contributed by atoms with van der Waals surface area (Å²) in [5, 5.41) is 9.24. The number of para-hydroxylation sites is 3. The third-order valence-electron chi connectivity index (χ3n) is 3.88. The number of aromatic nitrogens is 2. The van der Waals surface area contributed by atoms with E-state index in [-0.39, 0.29) is 19.1 Å². The molecule has 3 rings (SSSR count). The molecule has 118 valence electrons. The first-order valence-corrected chi connectivity index (χ1v) is 7.57. The van der Waals surface area contributed by atoms with E-state index in [4.69, 9.17) is 0 Å². The summed E-state index contributed by atoms with van der Waals surface area (Å²) < 4.78 is 1.88. The number of amides is 1. The molecule has 0 unspecified atom stereocenters. The number of likely N-dealkylation sites (N-methyl/N-ethyl adjacent to an activating group) is 1. The van der Waals surface area contributed by atoms with E-state index in [0.717, 1.165) is 22.5 Å². The second-order valence-electron chi connectivity index (χ2n) is 5.36. The average Bonchev–Trinajstić information content (AvgIpc) is 2.93. The summed E-state index contributed by atoms with van der Waals surface area (Å²) in [5.41, 5.74) is 2.60. The fraction of sp³-hybridized carbons (Fsp3) is 0.222. The molecule has 0 atom stereocenters. The molecule has 0 saturated carbocycles. The Morgan fingerprint density at radius 1 is 1.13 bits per heavy atom. The predicted molar refractivity (Wildman–Crippen MR) is 90.4 cm³/mol. The van der Waals surface area contributed by atoms with Crippen molar-refractivity contribution in [2.75, 3.05) is 18.6 Å². The second kappa shape index (κ2) is 6.62. The minimum absolute atomic E-state index is 0.00599. The van der Waals surface area contributed by atoms with Crippen molar-refractivity contribution in [1.82, 2.24) is 9.55 Å². The summed E-state index contributed by atoms with van der Waals surface area (Å²) in [6, 6.07) is 17.2. The van der Waals surface area contributed by atoms with Crippen molar-refractivity contribution in [2.24, 2.45) is 0 Å². The Hall–Kier alpha value is -2.66. The zero-order valence-corrected chi connectivity index (χ0v) is 13.0. The van der Waals surface area contributed by atoms with Crippen LogP contribution in [0.15, 0.2) is 54.6 Å². The van der Waals surface area contributed by atoms with Gasteiger partial charge in [0, 0.05) is 19.2 Å². The molecule has 3 aromatic rings. The van der Waals surface area contributed by atoms with Gasteiger partial charge in [0.1, 0.15) is 12.4 Å². The smallest absolute Gasteiger partial charge is 0.246 e. The zero-order valence-electron chi connectivity index (χ0n) is 13.0. The Morgan fingerprint density at radius 3 is 2.57 bits per heavy atom. The van der Waals surface area contributed by atoms with Crippen molar-refractivity contribution in [3.05, 3.63) is 60.4 Å². The van der Waals surface area contributed by atoms with Gasteiger partial charge in [0.2, 0.25) is 5.91 Å². The van der Waals surface area contributed by atoms with Crippen LogP contribution in [0.5, 0.6) is 0 Å². The fourth-order valence-electron chi connectivity index (χ4n) is 2.63. The lowest BCUT2D eigenvalue weighted by Gasteiger charge is -2.18. The molecule has 1 amide bonds. The molecule has 2 aromatic carbocycles. The van der Waals surface area contributed by atoms with Gasteiger partial charge in [0.05, 0.1) is 17.6 Å². The van der Waals surface area contributed by atoms with Crippen LogP contribution in [0.25, 0.3) is 11.0 Å². The van der Waals surface area contributed by atoms with Crippen LogP contribution in [0.1, 0.15) is 5.82 Å². The second-order valence-corrected chi connectivity index (χ2v) is 5.36. The maximum absolute atomic E-state index is 12.6. The van der Waals surface area contributed by atoms with Gasteiger partial charge >= 0.3 is 0 Å². The number of aliphatic hydroxyl groups excluding tert-OH is 1. The number of hydrogen-bond donors (Lipinski definition) is 1. The lowest BCUT2D eigenvalue weighted by Crippen LogP contribution is -2.30. The molecule has 0 aliphatic carbocycles.